The van der Waals surface area contributed by atoms with Crippen LogP contribution in [0, 0.1) is 0 Å². The fourth-order valence-corrected chi connectivity index (χ4v) is 1.71. The third-order valence-corrected chi connectivity index (χ3v) is 2.65. The molecule has 0 aromatic carbocycles. The van der Waals surface area contributed by atoms with Crippen molar-refractivity contribution < 1.29 is 0 Å². The number of H-pyrrole nitrogens is 1. The quantitative estimate of drug-likeness (QED) is 0.761. The summed E-state index contributed by atoms with van der Waals surface area (Å²) in [5, 5.41) is 7.70. The molecule has 0 fully saturated rings. The summed E-state index contributed by atoms with van der Waals surface area (Å²) in [7, 11) is 0. The highest BCUT2D eigenvalue weighted by atomic mass is 32.1. The number of rotatable bonds is 2. The second kappa shape index (κ2) is 3.02. The Kier molecular flexibility index (Phi) is 1.87. The average Bonchev–Trinajstić information content (AvgIpc) is 2.75. The maximum absolute atomic E-state index is 4.22. The van der Waals surface area contributed by atoms with Crippen LogP contribution >= 0.6 is 11.3 Å². The molecule has 62 valence electrons. The highest BCUT2D eigenvalue weighted by Crippen LogP contribution is 2.21. The van der Waals surface area contributed by atoms with Gasteiger partial charge in [0, 0.05) is 6.20 Å². The zero-order chi connectivity index (χ0) is 8.39. The number of hydrogen-bond donors (Lipinski definition) is 1. The number of aryl methyl sites for hydroxylation is 1. The molecular weight excluding hydrogens is 172 g/mol. The van der Waals surface area contributed by atoms with Crippen LogP contribution in [0.2, 0.25) is 0 Å². The first kappa shape index (κ1) is 7.42. The third kappa shape index (κ3) is 1.23. The van der Waals surface area contributed by atoms with Crippen LogP contribution in [-0.4, -0.2) is 20.2 Å². The van der Waals surface area contributed by atoms with Gasteiger partial charge in [0.1, 0.15) is 6.33 Å². The van der Waals surface area contributed by atoms with Crippen LogP contribution < -0.4 is 0 Å². The van der Waals surface area contributed by atoms with E-state index in [-0.39, 0.29) is 0 Å². The van der Waals surface area contributed by atoms with Crippen LogP contribution in [0.15, 0.2) is 12.5 Å². The van der Waals surface area contributed by atoms with Crippen molar-refractivity contribution >= 4 is 11.3 Å². The molecule has 0 amide bonds. The zero-order valence-electron chi connectivity index (χ0n) is 6.61. The minimum Gasteiger partial charge on any atom is -0.259 e. The molecule has 0 aliphatic heterocycles. The van der Waals surface area contributed by atoms with Gasteiger partial charge in [0.05, 0.1) is 9.88 Å². The Morgan fingerprint density at radius 1 is 1.50 bits per heavy atom. The van der Waals surface area contributed by atoms with E-state index in [1.54, 1.807) is 11.3 Å². The molecule has 0 aliphatic carbocycles. The summed E-state index contributed by atoms with van der Waals surface area (Å²) in [6, 6.07) is 0. The maximum Gasteiger partial charge on any atom is 0.167 e. The molecule has 2 aromatic rings. The maximum atomic E-state index is 4.22. The molecule has 12 heavy (non-hydrogen) atoms. The van der Waals surface area contributed by atoms with Gasteiger partial charge in [-0.15, -0.1) is 11.3 Å². The predicted molar refractivity (Wildman–Crippen MR) is 46.9 cm³/mol. The van der Waals surface area contributed by atoms with Crippen molar-refractivity contribution in [3.8, 4) is 10.7 Å². The number of thiazole rings is 1. The van der Waals surface area contributed by atoms with Gasteiger partial charge in [-0.25, -0.2) is 9.97 Å². The molecule has 0 spiro atoms. The van der Waals surface area contributed by atoms with Crippen LogP contribution in [-0.2, 0) is 6.42 Å². The molecule has 0 atom stereocenters. The molecule has 0 saturated heterocycles. The molecule has 0 radical (unpaired) electrons. The fourth-order valence-electron chi connectivity index (χ4n) is 0.907. The Bertz CT molecular complexity index is 351. The minimum atomic E-state index is 0.798. The van der Waals surface area contributed by atoms with Crippen LogP contribution in [0.25, 0.3) is 10.7 Å². The summed E-state index contributed by atoms with van der Waals surface area (Å²) >= 11 is 1.65. The molecule has 2 aromatic heterocycles. The number of aromatic amines is 1. The normalized spacial score (nSPS) is 10.4. The van der Waals surface area contributed by atoms with E-state index in [0.29, 0.717) is 0 Å². The number of hydrogen-bond acceptors (Lipinski definition) is 4. The fraction of sp³-hybridized carbons (Fsp3) is 0.286. The SMILES string of the molecule is CCc1ncc(-c2ncn[nH]2)s1. The summed E-state index contributed by atoms with van der Waals surface area (Å²) < 4.78 is 0. The van der Waals surface area contributed by atoms with Gasteiger partial charge in [-0.1, -0.05) is 6.92 Å². The molecule has 0 bridgehead atoms. The zero-order valence-corrected chi connectivity index (χ0v) is 7.43. The molecule has 0 unspecified atom stereocenters. The van der Waals surface area contributed by atoms with Gasteiger partial charge >= 0.3 is 0 Å². The van der Waals surface area contributed by atoms with Gasteiger partial charge in [0.15, 0.2) is 5.82 Å². The van der Waals surface area contributed by atoms with E-state index in [1.807, 2.05) is 6.20 Å². The molecule has 2 heterocycles. The Morgan fingerprint density at radius 2 is 2.42 bits per heavy atom. The summed E-state index contributed by atoms with van der Waals surface area (Å²) in [6.45, 7) is 2.09. The van der Waals surface area contributed by atoms with Crippen molar-refractivity contribution in [2.75, 3.05) is 0 Å². The lowest BCUT2D eigenvalue weighted by atomic mass is 10.5. The van der Waals surface area contributed by atoms with Crippen molar-refractivity contribution in [2.24, 2.45) is 0 Å². The van der Waals surface area contributed by atoms with Crippen molar-refractivity contribution in [3.63, 3.8) is 0 Å². The summed E-state index contributed by atoms with van der Waals surface area (Å²) in [5.41, 5.74) is 0. The van der Waals surface area contributed by atoms with Crippen LogP contribution in [0.4, 0.5) is 0 Å². The lowest BCUT2D eigenvalue weighted by Crippen LogP contribution is -1.73. The molecule has 5 heteroatoms. The average molecular weight is 180 g/mol. The third-order valence-electron chi connectivity index (χ3n) is 1.50. The van der Waals surface area contributed by atoms with E-state index in [9.17, 15) is 0 Å². The van der Waals surface area contributed by atoms with Gasteiger partial charge in [-0.3, -0.25) is 5.10 Å². The van der Waals surface area contributed by atoms with Crippen LogP contribution in [0.5, 0.6) is 0 Å². The Balaban J connectivity index is 2.35. The smallest absolute Gasteiger partial charge is 0.167 e. The Morgan fingerprint density at radius 3 is 3.00 bits per heavy atom. The van der Waals surface area contributed by atoms with Crippen LogP contribution in [0.1, 0.15) is 11.9 Å². The number of nitrogens with zero attached hydrogens (tertiary/aromatic N) is 3. The molecular formula is C7H8N4S. The molecule has 2 rings (SSSR count). The van der Waals surface area contributed by atoms with Crippen molar-refractivity contribution in [3.05, 3.63) is 17.5 Å². The molecule has 1 N–H and O–H groups in total. The standard InChI is InChI=1S/C7H8N4S/c1-2-6-8-3-5(12-6)7-9-4-10-11-7/h3-4H,2H2,1H3,(H,9,10,11). The topological polar surface area (TPSA) is 54.5 Å². The number of nitrogens with one attached hydrogen (secondary N) is 1. The van der Waals surface area contributed by atoms with E-state index < -0.39 is 0 Å². The number of aromatic nitrogens is 4. The van der Waals surface area contributed by atoms with E-state index >= 15 is 0 Å². The Labute approximate surface area is 73.7 Å². The first-order chi connectivity index (χ1) is 5.90. The van der Waals surface area contributed by atoms with Gasteiger partial charge < -0.3 is 0 Å². The van der Waals surface area contributed by atoms with Gasteiger partial charge in [0.25, 0.3) is 0 Å². The second-order valence-electron chi connectivity index (χ2n) is 2.31. The lowest BCUT2D eigenvalue weighted by Gasteiger charge is -1.84. The van der Waals surface area contributed by atoms with E-state index in [0.717, 1.165) is 22.1 Å². The van der Waals surface area contributed by atoms with Crippen LogP contribution in [0.3, 0.4) is 0 Å². The van der Waals surface area contributed by atoms with Gasteiger partial charge in [-0.2, -0.15) is 5.10 Å². The van der Waals surface area contributed by atoms with Gasteiger partial charge in [-0.05, 0) is 6.42 Å². The van der Waals surface area contributed by atoms with Gasteiger partial charge in [0.2, 0.25) is 0 Å². The summed E-state index contributed by atoms with van der Waals surface area (Å²) in [5.74, 6) is 0.798. The van der Waals surface area contributed by atoms with Crippen molar-refractivity contribution in [1.29, 1.82) is 0 Å². The first-order valence-corrected chi connectivity index (χ1v) is 4.52. The largest absolute Gasteiger partial charge is 0.259 e. The summed E-state index contributed by atoms with van der Waals surface area (Å²) in [4.78, 5) is 9.30. The highest BCUT2D eigenvalue weighted by molar-refractivity contribution is 7.15. The molecule has 0 aliphatic rings. The van der Waals surface area contributed by atoms with Crippen molar-refractivity contribution in [2.45, 2.75) is 13.3 Å². The highest BCUT2D eigenvalue weighted by Gasteiger charge is 2.04. The lowest BCUT2D eigenvalue weighted by molar-refractivity contribution is 1.09. The molecule has 0 saturated carbocycles. The minimum absolute atomic E-state index is 0.798. The molecule has 4 nitrogen and oxygen atoms in total. The Hall–Kier alpha value is -1.23. The van der Waals surface area contributed by atoms with E-state index in [4.69, 9.17) is 0 Å². The predicted octanol–water partition coefficient (Wildman–Crippen LogP) is 1.49. The van der Waals surface area contributed by atoms with E-state index in [1.165, 1.54) is 6.33 Å². The second-order valence-corrected chi connectivity index (χ2v) is 3.42. The summed E-state index contributed by atoms with van der Waals surface area (Å²) in [6.07, 6.45) is 4.30. The first-order valence-electron chi connectivity index (χ1n) is 3.70. The van der Waals surface area contributed by atoms with Crippen molar-refractivity contribution in [1.82, 2.24) is 20.2 Å². The monoisotopic (exact) mass is 180 g/mol. The van der Waals surface area contributed by atoms with E-state index in [2.05, 4.69) is 27.1 Å².